The molecule has 0 amide bonds. The molecule has 1 spiro atoms. The van der Waals surface area contributed by atoms with Gasteiger partial charge in [-0.15, -0.1) is 0 Å². The van der Waals surface area contributed by atoms with Crippen LogP contribution in [0.25, 0.3) is 0 Å². The van der Waals surface area contributed by atoms with Gasteiger partial charge in [0.2, 0.25) is 0 Å². The highest BCUT2D eigenvalue weighted by Gasteiger charge is 2.54. The summed E-state index contributed by atoms with van der Waals surface area (Å²) in [6, 6.07) is 0.372. The molecular formula is C10H19NO. The molecular weight excluding hydrogens is 150 g/mol. The van der Waals surface area contributed by atoms with Crippen molar-refractivity contribution in [3.63, 3.8) is 0 Å². The SMILES string of the molecule is CC(N)CC1CC12CCCOC2. The molecule has 0 radical (unpaired) electrons. The van der Waals surface area contributed by atoms with E-state index in [0.29, 0.717) is 11.5 Å². The van der Waals surface area contributed by atoms with E-state index < -0.39 is 0 Å². The summed E-state index contributed by atoms with van der Waals surface area (Å²) in [5.41, 5.74) is 6.36. The molecule has 2 heteroatoms. The minimum Gasteiger partial charge on any atom is -0.381 e. The van der Waals surface area contributed by atoms with E-state index in [2.05, 4.69) is 6.92 Å². The Labute approximate surface area is 74.5 Å². The fourth-order valence-electron chi connectivity index (χ4n) is 2.57. The van der Waals surface area contributed by atoms with E-state index in [1.807, 2.05) is 0 Å². The summed E-state index contributed by atoms with van der Waals surface area (Å²) in [6.07, 6.45) is 5.21. The van der Waals surface area contributed by atoms with E-state index in [-0.39, 0.29) is 0 Å². The Morgan fingerprint density at radius 3 is 3.08 bits per heavy atom. The van der Waals surface area contributed by atoms with Crippen LogP contribution in [0.15, 0.2) is 0 Å². The number of ether oxygens (including phenoxy) is 1. The van der Waals surface area contributed by atoms with Crippen molar-refractivity contribution in [3.05, 3.63) is 0 Å². The van der Waals surface area contributed by atoms with Crippen LogP contribution in [0, 0.1) is 11.3 Å². The lowest BCUT2D eigenvalue weighted by molar-refractivity contribution is 0.0353. The molecule has 1 saturated heterocycles. The topological polar surface area (TPSA) is 35.2 Å². The Morgan fingerprint density at radius 1 is 1.67 bits per heavy atom. The van der Waals surface area contributed by atoms with Crippen LogP contribution in [-0.4, -0.2) is 19.3 Å². The summed E-state index contributed by atoms with van der Waals surface area (Å²) >= 11 is 0. The lowest BCUT2D eigenvalue weighted by Gasteiger charge is -2.23. The molecule has 2 N–H and O–H groups in total. The van der Waals surface area contributed by atoms with Gasteiger partial charge in [0.15, 0.2) is 0 Å². The zero-order valence-electron chi connectivity index (χ0n) is 7.88. The molecule has 2 nitrogen and oxygen atoms in total. The van der Waals surface area contributed by atoms with E-state index in [1.165, 1.54) is 25.7 Å². The number of hydrogen-bond acceptors (Lipinski definition) is 2. The van der Waals surface area contributed by atoms with Gasteiger partial charge >= 0.3 is 0 Å². The van der Waals surface area contributed by atoms with Crippen LogP contribution in [0.4, 0.5) is 0 Å². The fraction of sp³-hybridized carbons (Fsp3) is 1.00. The van der Waals surface area contributed by atoms with Crippen LogP contribution >= 0.6 is 0 Å². The average Bonchev–Trinajstić information content (AvgIpc) is 2.63. The van der Waals surface area contributed by atoms with Gasteiger partial charge < -0.3 is 10.5 Å². The molecule has 1 aliphatic carbocycles. The number of nitrogens with two attached hydrogens (primary N) is 1. The maximum atomic E-state index is 5.78. The average molecular weight is 169 g/mol. The highest BCUT2D eigenvalue weighted by atomic mass is 16.5. The predicted molar refractivity (Wildman–Crippen MR) is 48.9 cm³/mol. The van der Waals surface area contributed by atoms with Crippen molar-refractivity contribution in [2.75, 3.05) is 13.2 Å². The van der Waals surface area contributed by atoms with Crippen LogP contribution in [0.5, 0.6) is 0 Å². The van der Waals surface area contributed by atoms with E-state index in [4.69, 9.17) is 10.5 Å². The Kier molecular flexibility index (Phi) is 2.13. The van der Waals surface area contributed by atoms with Gasteiger partial charge in [-0.05, 0) is 43.9 Å². The molecule has 70 valence electrons. The first-order valence-corrected chi connectivity index (χ1v) is 5.06. The first kappa shape index (κ1) is 8.52. The molecule has 12 heavy (non-hydrogen) atoms. The monoisotopic (exact) mass is 169 g/mol. The van der Waals surface area contributed by atoms with Gasteiger partial charge in [-0.25, -0.2) is 0 Å². The van der Waals surface area contributed by atoms with Crippen molar-refractivity contribution >= 4 is 0 Å². The number of hydrogen-bond donors (Lipinski definition) is 1. The lowest BCUT2D eigenvalue weighted by Crippen LogP contribution is -2.23. The van der Waals surface area contributed by atoms with Crippen LogP contribution in [0.1, 0.15) is 32.6 Å². The van der Waals surface area contributed by atoms with E-state index in [9.17, 15) is 0 Å². The molecule has 3 unspecified atom stereocenters. The van der Waals surface area contributed by atoms with Crippen molar-refractivity contribution < 1.29 is 4.74 Å². The van der Waals surface area contributed by atoms with Gasteiger partial charge in [-0.2, -0.15) is 0 Å². The summed E-state index contributed by atoms with van der Waals surface area (Å²) in [5, 5.41) is 0. The van der Waals surface area contributed by atoms with Gasteiger partial charge in [0.05, 0.1) is 6.61 Å². The summed E-state index contributed by atoms with van der Waals surface area (Å²) in [5.74, 6) is 0.873. The highest BCUT2D eigenvalue weighted by Crippen LogP contribution is 2.59. The summed E-state index contributed by atoms with van der Waals surface area (Å²) < 4.78 is 5.52. The molecule has 2 aliphatic rings. The molecule has 2 rings (SSSR count). The van der Waals surface area contributed by atoms with Gasteiger partial charge in [0, 0.05) is 12.6 Å². The third-order valence-corrected chi connectivity index (χ3v) is 3.37. The van der Waals surface area contributed by atoms with Crippen molar-refractivity contribution in [1.29, 1.82) is 0 Å². The highest BCUT2D eigenvalue weighted by molar-refractivity contribution is 5.03. The second-order valence-electron chi connectivity index (χ2n) is 4.63. The molecule has 0 aromatic carbocycles. The molecule has 0 aromatic heterocycles. The Balaban J connectivity index is 1.83. The molecule has 2 fully saturated rings. The minimum atomic E-state index is 0.372. The summed E-state index contributed by atoms with van der Waals surface area (Å²) in [7, 11) is 0. The third kappa shape index (κ3) is 1.50. The summed E-state index contributed by atoms with van der Waals surface area (Å²) in [4.78, 5) is 0. The lowest BCUT2D eigenvalue weighted by atomic mass is 9.94. The molecule has 1 aliphatic heterocycles. The van der Waals surface area contributed by atoms with Crippen LogP contribution in [0.3, 0.4) is 0 Å². The normalized spacial score (nSPS) is 43.0. The third-order valence-electron chi connectivity index (χ3n) is 3.37. The Morgan fingerprint density at radius 2 is 2.50 bits per heavy atom. The molecule has 1 saturated carbocycles. The van der Waals surface area contributed by atoms with E-state index in [1.54, 1.807) is 0 Å². The van der Waals surface area contributed by atoms with Crippen molar-refractivity contribution in [2.45, 2.75) is 38.6 Å². The minimum absolute atomic E-state index is 0.372. The smallest absolute Gasteiger partial charge is 0.0525 e. The van der Waals surface area contributed by atoms with E-state index in [0.717, 1.165) is 19.1 Å². The number of rotatable bonds is 2. The second-order valence-corrected chi connectivity index (χ2v) is 4.63. The van der Waals surface area contributed by atoms with Crippen LogP contribution < -0.4 is 5.73 Å². The van der Waals surface area contributed by atoms with Gasteiger partial charge in [0.1, 0.15) is 0 Å². The van der Waals surface area contributed by atoms with Gasteiger partial charge in [-0.1, -0.05) is 0 Å². The zero-order chi connectivity index (χ0) is 8.60. The van der Waals surface area contributed by atoms with Crippen LogP contribution in [-0.2, 0) is 4.74 Å². The first-order valence-electron chi connectivity index (χ1n) is 5.06. The first-order chi connectivity index (χ1) is 5.73. The van der Waals surface area contributed by atoms with Crippen molar-refractivity contribution in [3.8, 4) is 0 Å². The van der Waals surface area contributed by atoms with Gasteiger partial charge in [-0.3, -0.25) is 0 Å². The summed E-state index contributed by atoms with van der Waals surface area (Å²) in [6.45, 7) is 4.09. The quantitative estimate of drug-likeness (QED) is 0.680. The predicted octanol–water partition coefficient (Wildman–Crippen LogP) is 1.54. The second kappa shape index (κ2) is 3.00. The van der Waals surface area contributed by atoms with Crippen molar-refractivity contribution in [1.82, 2.24) is 0 Å². The van der Waals surface area contributed by atoms with E-state index >= 15 is 0 Å². The van der Waals surface area contributed by atoms with Crippen molar-refractivity contribution in [2.24, 2.45) is 17.1 Å². The Bertz CT molecular complexity index is 161. The zero-order valence-corrected chi connectivity index (χ0v) is 7.88. The Hall–Kier alpha value is -0.0800. The van der Waals surface area contributed by atoms with Gasteiger partial charge in [0.25, 0.3) is 0 Å². The maximum absolute atomic E-state index is 5.78. The fourth-order valence-corrected chi connectivity index (χ4v) is 2.57. The molecule has 0 bridgehead atoms. The maximum Gasteiger partial charge on any atom is 0.0525 e. The molecule has 1 heterocycles. The molecule has 0 aromatic rings. The van der Waals surface area contributed by atoms with Crippen LogP contribution in [0.2, 0.25) is 0 Å². The molecule has 3 atom stereocenters. The standard InChI is InChI=1S/C10H19NO/c1-8(11)5-9-6-10(9)3-2-4-12-7-10/h8-9H,2-7,11H2,1H3. The largest absolute Gasteiger partial charge is 0.381 e.